The number of benzene rings is 1. The number of nitrogens with zero attached hydrogens (tertiary/aromatic N) is 3. The summed E-state index contributed by atoms with van der Waals surface area (Å²) in [6.45, 7) is 6.14. The van der Waals surface area contributed by atoms with Gasteiger partial charge >= 0.3 is 0 Å². The third-order valence-electron chi connectivity index (χ3n) is 4.41. The van der Waals surface area contributed by atoms with Crippen molar-refractivity contribution in [3.05, 3.63) is 29.8 Å². The number of rotatable bonds is 3. The summed E-state index contributed by atoms with van der Waals surface area (Å²) in [4.78, 5) is 18.5. The van der Waals surface area contributed by atoms with Gasteiger partial charge in [-0.05, 0) is 24.7 Å². The molecule has 2 fully saturated rings. The maximum atomic E-state index is 11.9. The van der Waals surface area contributed by atoms with E-state index in [9.17, 15) is 4.79 Å². The molecule has 0 spiro atoms. The molecule has 2 aliphatic heterocycles. The minimum absolute atomic E-state index is 0.0254. The van der Waals surface area contributed by atoms with Crippen LogP contribution in [0.3, 0.4) is 0 Å². The Balaban J connectivity index is 1.60. The average Bonchev–Trinajstić information content (AvgIpc) is 2.81. The molecule has 2 heterocycles. The minimum Gasteiger partial charge on any atom is -0.326 e. The maximum absolute atomic E-state index is 11.9. The fourth-order valence-electron chi connectivity index (χ4n) is 3.03. The molecule has 0 aliphatic carbocycles. The first-order valence-corrected chi connectivity index (χ1v) is 7.67. The summed E-state index contributed by atoms with van der Waals surface area (Å²) in [5.41, 5.74) is 8.12. The summed E-state index contributed by atoms with van der Waals surface area (Å²) in [6.07, 6.45) is 0.461. The van der Waals surface area contributed by atoms with Crippen molar-refractivity contribution in [2.24, 2.45) is 5.73 Å². The molecular formula is C16H24N4O. The average molecular weight is 288 g/mol. The first-order chi connectivity index (χ1) is 10.1. The van der Waals surface area contributed by atoms with E-state index in [1.54, 1.807) is 4.90 Å². The summed E-state index contributed by atoms with van der Waals surface area (Å²) in [5, 5.41) is 0. The lowest BCUT2D eigenvalue weighted by Gasteiger charge is -2.32. The summed E-state index contributed by atoms with van der Waals surface area (Å²) in [5.74, 6) is 0.134. The van der Waals surface area contributed by atoms with E-state index in [0.29, 0.717) is 13.0 Å². The van der Waals surface area contributed by atoms with E-state index < -0.39 is 0 Å². The molecule has 2 aliphatic rings. The number of likely N-dealkylation sites (N-methyl/N-ethyl adjacent to an activating group) is 1. The van der Waals surface area contributed by atoms with Gasteiger partial charge in [0.25, 0.3) is 0 Å². The highest BCUT2D eigenvalue weighted by atomic mass is 16.2. The molecule has 3 rings (SSSR count). The number of hydrogen-bond acceptors (Lipinski definition) is 4. The Hall–Kier alpha value is -1.43. The van der Waals surface area contributed by atoms with Crippen LogP contribution in [0.2, 0.25) is 0 Å². The van der Waals surface area contributed by atoms with Crippen LogP contribution in [0, 0.1) is 0 Å². The van der Waals surface area contributed by atoms with Gasteiger partial charge in [-0.3, -0.25) is 9.69 Å². The molecule has 1 aromatic rings. The van der Waals surface area contributed by atoms with Crippen LogP contribution in [0.1, 0.15) is 12.0 Å². The van der Waals surface area contributed by atoms with Gasteiger partial charge in [0.05, 0.1) is 0 Å². The molecular weight excluding hydrogens is 264 g/mol. The molecule has 1 atom stereocenters. The summed E-state index contributed by atoms with van der Waals surface area (Å²) < 4.78 is 0. The van der Waals surface area contributed by atoms with Crippen LogP contribution in [0.15, 0.2) is 24.3 Å². The van der Waals surface area contributed by atoms with E-state index in [1.165, 1.54) is 5.56 Å². The zero-order chi connectivity index (χ0) is 14.8. The molecule has 1 amide bonds. The number of carbonyl (C=O) groups excluding carboxylic acids is 1. The van der Waals surface area contributed by atoms with Crippen molar-refractivity contribution in [2.45, 2.75) is 19.0 Å². The highest BCUT2D eigenvalue weighted by Crippen LogP contribution is 2.21. The van der Waals surface area contributed by atoms with Crippen LogP contribution in [-0.4, -0.2) is 61.5 Å². The van der Waals surface area contributed by atoms with Crippen LogP contribution in [-0.2, 0) is 11.3 Å². The second-order valence-electron chi connectivity index (χ2n) is 6.21. The first kappa shape index (κ1) is 14.5. The molecule has 0 bridgehead atoms. The lowest BCUT2D eigenvalue weighted by Crippen LogP contribution is -2.43. The number of amides is 1. The van der Waals surface area contributed by atoms with Crippen LogP contribution in [0.25, 0.3) is 0 Å². The predicted octanol–water partition coefficient (Wildman–Crippen LogP) is 0.498. The van der Waals surface area contributed by atoms with Gasteiger partial charge in [0.2, 0.25) is 5.91 Å². The zero-order valence-electron chi connectivity index (χ0n) is 12.7. The minimum atomic E-state index is -0.0254. The van der Waals surface area contributed by atoms with Crippen molar-refractivity contribution < 1.29 is 4.79 Å². The van der Waals surface area contributed by atoms with Gasteiger partial charge in [0.1, 0.15) is 0 Å². The fraction of sp³-hybridized carbons (Fsp3) is 0.562. The SMILES string of the molecule is CN1CCN(Cc2ccc(N3C[C@H](N)CC3=O)cc2)CC1. The number of carbonyl (C=O) groups is 1. The third kappa shape index (κ3) is 3.43. The van der Waals surface area contributed by atoms with Gasteiger partial charge in [0, 0.05) is 57.4 Å². The van der Waals surface area contributed by atoms with Crippen molar-refractivity contribution >= 4 is 11.6 Å². The third-order valence-corrected chi connectivity index (χ3v) is 4.41. The van der Waals surface area contributed by atoms with Gasteiger partial charge in [-0.25, -0.2) is 0 Å². The van der Waals surface area contributed by atoms with E-state index in [0.717, 1.165) is 38.4 Å². The van der Waals surface area contributed by atoms with Crippen molar-refractivity contribution in [3.8, 4) is 0 Å². The second-order valence-corrected chi connectivity index (χ2v) is 6.21. The Kier molecular flexibility index (Phi) is 4.24. The van der Waals surface area contributed by atoms with E-state index in [4.69, 9.17) is 5.73 Å². The van der Waals surface area contributed by atoms with Gasteiger partial charge in [-0.2, -0.15) is 0 Å². The Morgan fingerprint density at radius 3 is 2.38 bits per heavy atom. The molecule has 0 unspecified atom stereocenters. The Labute approximate surface area is 126 Å². The number of hydrogen-bond donors (Lipinski definition) is 1. The molecule has 0 aromatic heterocycles. The largest absolute Gasteiger partial charge is 0.326 e. The Morgan fingerprint density at radius 1 is 1.14 bits per heavy atom. The van der Waals surface area contributed by atoms with Gasteiger partial charge in [-0.1, -0.05) is 12.1 Å². The summed E-state index contributed by atoms with van der Waals surface area (Å²) >= 11 is 0. The highest BCUT2D eigenvalue weighted by Gasteiger charge is 2.27. The van der Waals surface area contributed by atoms with Crippen LogP contribution in [0.4, 0.5) is 5.69 Å². The molecule has 5 heteroatoms. The lowest BCUT2D eigenvalue weighted by atomic mass is 10.1. The van der Waals surface area contributed by atoms with Crippen molar-refractivity contribution in [1.29, 1.82) is 0 Å². The van der Waals surface area contributed by atoms with E-state index >= 15 is 0 Å². The van der Waals surface area contributed by atoms with Crippen LogP contribution >= 0.6 is 0 Å². The van der Waals surface area contributed by atoms with E-state index in [2.05, 4.69) is 29.0 Å². The van der Waals surface area contributed by atoms with Gasteiger partial charge in [-0.15, -0.1) is 0 Å². The van der Waals surface area contributed by atoms with E-state index in [1.807, 2.05) is 12.1 Å². The Morgan fingerprint density at radius 2 is 1.81 bits per heavy atom. The predicted molar refractivity (Wildman–Crippen MR) is 84.2 cm³/mol. The summed E-state index contributed by atoms with van der Waals surface area (Å²) in [7, 11) is 2.17. The molecule has 0 saturated carbocycles. The van der Waals surface area contributed by atoms with E-state index in [-0.39, 0.29) is 11.9 Å². The number of piperazine rings is 1. The highest BCUT2D eigenvalue weighted by molar-refractivity contribution is 5.96. The van der Waals surface area contributed by atoms with Crippen molar-refractivity contribution in [3.63, 3.8) is 0 Å². The van der Waals surface area contributed by atoms with Gasteiger partial charge in [0.15, 0.2) is 0 Å². The molecule has 2 N–H and O–H groups in total. The molecule has 21 heavy (non-hydrogen) atoms. The smallest absolute Gasteiger partial charge is 0.228 e. The second kappa shape index (κ2) is 6.13. The molecule has 5 nitrogen and oxygen atoms in total. The molecule has 2 saturated heterocycles. The first-order valence-electron chi connectivity index (χ1n) is 7.67. The maximum Gasteiger partial charge on any atom is 0.228 e. The molecule has 114 valence electrons. The zero-order valence-corrected chi connectivity index (χ0v) is 12.7. The standard InChI is InChI=1S/C16H24N4O/c1-18-6-8-19(9-7-18)11-13-2-4-15(5-3-13)20-12-14(17)10-16(20)21/h2-5,14H,6-12,17H2,1H3/t14-/m1/s1. The number of anilines is 1. The lowest BCUT2D eigenvalue weighted by molar-refractivity contribution is -0.117. The van der Waals surface area contributed by atoms with Crippen LogP contribution < -0.4 is 10.6 Å². The number of nitrogens with two attached hydrogens (primary N) is 1. The molecule has 1 aromatic carbocycles. The normalized spacial score (nSPS) is 24.8. The fourth-order valence-corrected chi connectivity index (χ4v) is 3.03. The molecule has 0 radical (unpaired) electrons. The summed E-state index contributed by atoms with van der Waals surface area (Å²) in [6, 6.07) is 8.32. The van der Waals surface area contributed by atoms with Crippen LogP contribution in [0.5, 0.6) is 0 Å². The topological polar surface area (TPSA) is 52.8 Å². The van der Waals surface area contributed by atoms with Crippen molar-refractivity contribution in [2.75, 3.05) is 44.7 Å². The Bertz CT molecular complexity index is 494. The monoisotopic (exact) mass is 288 g/mol. The quantitative estimate of drug-likeness (QED) is 0.880. The van der Waals surface area contributed by atoms with Crippen molar-refractivity contribution in [1.82, 2.24) is 9.80 Å². The van der Waals surface area contributed by atoms with Gasteiger partial charge < -0.3 is 15.5 Å².